The number of aromatic nitrogens is 1. The van der Waals surface area contributed by atoms with E-state index in [0.717, 1.165) is 16.5 Å². The fraction of sp³-hybridized carbons (Fsp3) is 0.273. The molecule has 2 aromatic carbocycles. The third-order valence-corrected chi connectivity index (χ3v) is 5.32. The van der Waals surface area contributed by atoms with Crippen LogP contribution in [0.2, 0.25) is 5.02 Å². The Labute approximate surface area is 172 Å². The van der Waals surface area contributed by atoms with Crippen molar-refractivity contribution in [2.75, 3.05) is 7.11 Å². The average Bonchev–Trinajstić information content (AvgIpc) is 3.07. The van der Waals surface area contributed by atoms with E-state index in [9.17, 15) is 9.59 Å². The number of ether oxygens (including phenoxy) is 3. The van der Waals surface area contributed by atoms with E-state index in [2.05, 4.69) is 4.98 Å². The van der Waals surface area contributed by atoms with Crippen molar-refractivity contribution in [3.63, 3.8) is 0 Å². The fourth-order valence-electron chi connectivity index (χ4n) is 3.78. The minimum atomic E-state index is -1.30. The molecule has 1 saturated heterocycles. The lowest BCUT2D eigenvalue weighted by molar-refractivity contribution is -0.240. The number of benzene rings is 2. The van der Waals surface area contributed by atoms with E-state index in [1.807, 2.05) is 24.3 Å². The van der Waals surface area contributed by atoms with Gasteiger partial charge in [-0.1, -0.05) is 35.9 Å². The molecule has 0 unspecified atom stereocenters. The third kappa shape index (κ3) is 3.44. The number of carbonyl (C=O) groups excluding carboxylic acids is 2. The maximum Gasteiger partial charge on any atom is 0.324 e. The first kappa shape index (κ1) is 19.3. The predicted molar refractivity (Wildman–Crippen MR) is 108 cm³/mol. The summed E-state index contributed by atoms with van der Waals surface area (Å²) in [5, 5.41) is 1.28. The van der Waals surface area contributed by atoms with E-state index in [-0.39, 0.29) is 0 Å². The highest BCUT2D eigenvalue weighted by atomic mass is 35.5. The number of esters is 2. The largest absolute Gasteiger partial charge is 0.495 e. The molecule has 1 fully saturated rings. The number of rotatable bonds is 4. The van der Waals surface area contributed by atoms with E-state index in [1.54, 1.807) is 24.4 Å². The van der Waals surface area contributed by atoms with Gasteiger partial charge in [0.05, 0.1) is 12.1 Å². The lowest BCUT2D eigenvalue weighted by atomic mass is 9.80. The standard InChI is InChI=1S/C22H20ClNO5/c1-22(2)28-20(25)19(21(26)29-22)18(12-8-9-17(27-3)15(23)10-12)14-11-24-16-7-5-4-6-13(14)16/h4-11,18-19,24H,1-3H3/t18-/m1/s1. The van der Waals surface area contributed by atoms with Gasteiger partial charge in [-0.3, -0.25) is 9.59 Å². The molecule has 7 heteroatoms. The molecule has 4 rings (SSSR count). The smallest absolute Gasteiger partial charge is 0.324 e. The summed E-state index contributed by atoms with van der Waals surface area (Å²) in [6, 6.07) is 12.9. The Morgan fingerprint density at radius 1 is 1.10 bits per heavy atom. The lowest BCUT2D eigenvalue weighted by Gasteiger charge is -2.36. The van der Waals surface area contributed by atoms with Crippen molar-refractivity contribution in [1.82, 2.24) is 4.98 Å². The summed E-state index contributed by atoms with van der Waals surface area (Å²) in [4.78, 5) is 29.0. The Morgan fingerprint density at radius 3 is 2.45 bits per heavy atom. The lowest BCUT2D eigenvalue weighted by Crippen LogP contribution is -2.48. The van der Waals surface area contributed by atoms with Crippen molar-refractivity contribution in [3.05, 3.63) is 64.8 Å². The Hall–Kier alpha value is -2.99. The number of cyclic esters (lactones) is 2. The number of carbonyl (C=O) groups is 2. The molecule has 1 aliphatic rings. The van der Waals surface area contributed by atoms with Crippen LogP contribution in [0.1, 0.15) is 30.9 Å². The Balaban J connectivity index is 1.89. The number of nitrogens with one attached hydrogen (secondary N) is 1. The van der Waals surface area contributed by atoms with Crippen molar-refractivity contribution in [1.29, 1.82) is 0 Å². The van der Waals surface area contributed by atoms with Crippen molar-refractivity contribution in [2.24, 2.45) is 5.92 Å². The number of para-hydroxylation sites is 1. The van der Waals surface area contributed by atoms with E-state index < -0.39 is 29.6 Å². The number of methoxy groups -OCH3 is 1. The summed E-state index contributed by atoms with van der Waals surface area (Å²) in [6.45, 7) is 3.06. The predicted octanol–water partition coefficient (Wildman–Crippen LogP) is 4.41. The molecule has 1 N–H and O–H groups in total. The maximum absolute atomic E-state index is 12.9. The van der Waals surface area contributed by atoms with E-state index in [0.29, 0.717) is 16.3 Å². The first-order chi connectivity index (χ1) is 13.8. The van der Waals surface area contributed by atoms with Gasteiger partial charge in [-0.15, -0.1) is 0 Å². The normalized spacial score (nSPS) is 17.7. The molecule has 0 aliphatic carbocycles. The van der Waals surface area contributed by atoms with Gasteiger partial charge in [-0.05, 0) is 29.3 Å². The van der Waals surface area contributed by atoms with Crippen LogP contribution in [0.25, 0.3) is 10.9 Å². The van der Waals surface area contributed by atoms with Gasteiger partial charge >= 0.3 is 11.9 Å². The van der Waals surface area contributed by atoms with Crippen LogP contribution in [0.5, 0.6) is 5.75 Å². The molecule has 0 bridgehead atoms. The molecule has 0 radical (unpaired) electrons. The molecule has 0 spiro atoms. The monoisotopic (exact) mass is 413 g/mol. The zero-order valence-corrected chi connectivity index (χ0v) is 16.9. The Kier molecular flexibility index (Phi) is 4.74. The van der Waals surface area contributed by atoms with Gasteiger partial charge in [0, 0.05) is 36.9 Å². The first-order valence-electron chi connectivity index (χ1n) is 9.16. The summed E-state index contributed by atoms with van der Waals surface area (Å²) in [6.07, 6.45) is 1.80. The van der Waals surface area contributed by atoms with Crippen LogP contribution in [0.3, 0.4) is 0 Å². The molecular formula is C22H20ClNO5. The highest BCUT2D eigenvalue weighted by Gasteiger charge is 2.48. The van der Waals surface area contributed by atoms with E-state index >= 15 is 0 Å². The molecule has 1 aromatic heterocycles. The highest BCUT2D eigenvalue weighted by molar-refractivity contribution is 6.32. The number of halogens is 1. The van der Waals surface area contributed by atoms with Crippen molar-refractivity contribution >= 4 is 34.4 Å². The molecule has 2 heterocycles. The number of fused-ring (bicyclic) bond motifs is 1. The van der Waals surface area contributed by atoms with Gasteiger partial charge in [0.2, 0.25) is 0 Å². The summed E-state index contributed by atoms with van der Waals surface area (Å²) in [5.74, 6) is -3.87. The van der Waals surface area contributed by atoms with Crippen LogP contribution in [0, 0.1) is 5.92 Å². The van der Waals surface area contributed by atoms with Gasteiger partial charge < -0.3 is 19.2 Å². The minimum absolute atomic E-state index is 0.382. The van der Waals surface area contributed by atoms with Gasteiger partial charge in [-0.25, -0.2) is 0 Å². The molecule has 1 aliphatic heterocycles. The second-order valence-corrected chi connectivity index (χ2v) is 7.79. The zero-order valence-electron chi connectivity index (χ0n) is 16.2. The van der Waals surface area contributed by atoms with Crippen LogP contribution >= 0.6 is 11.6 Å². The SMILES string of the molecule is COc1ccc([C@H](c2c[nH]c3ccccc23)C2C(=O)OC(C)(C)OC2=O)cc1Cl. The summed E-state index contributed by atoms with van der Waals surface area (Å²) in [7, 11) is 1.52. The molecule has 0 saturated carbocycles. The van der Waals surface area contributed by atoms with Crippen LogP contribution in [-0.4, -0.2) is 29.8 Å². The second-order valence-electron chi connectivity index (χ2n) is 7.38. The number of aromatic amines is 1. The third-order valence-electron chi connectivity index (χ3n) is 5.03. The first-order valence-corrected chi connectivity index (χ1v) is 9.53. The van der Waals surface area contributed by atoms with Crippen molar-refractivity contribution in [2.45, 2.75) is 25.6 Å². The molecule has 1 atom stereocenters. The number of hydrogen-bond donors (Lipinski definition) is 1. The molecule has 29 heavy (non-hydrogen) atoms. The van der Waals surface area contributed by atoms with Gasteiger partial charge in [0.1, 0.15) is 5.75 Å². The Morgan fingerprint density at radius 2 is 1.79 bits per heavy atom. The van der Waals surface area contributed by atoms with Crippen LogP contribution in [-0.2, 0) is 19.1 Å². The topological polar surface area (TPSA) is 77.6 Å². The van der Waals surface area contributed by atoms with Crippen LogP contribution < -0.4 is 4.74 Å². The second kappa shape index (κ2) is 7.12. The molecule has 0 amide bonds. The van der Waals surface area contributed by atoms with E-state index in [4.69, 9.17) is 25.8 Å². The van der Waals surface area contributed by atoms with Crippen LogP contribution in [0.15, 0.2) is 48.7 Å². The summed E-state index contributed by atoms with van der Waals surface area (Å²) >= 11 is 6.35. The van der Waals surface area contributed by atoms with Crippen LogP contribution in [0.4, 0.5) is 0 Å². The summed E-state index contributed by atoms with van der Waals surface area (Å²) < 4.78 is 16.0. The van der Waals surface area contributed by atoms with Crippen molar-refractivity contribution < 1.29 is 23.8 Å². The van der Waals surface area contributed by atoms with Crippen molar-refractivity contribution in [3.8, 4) is 5.75 Å². The molecular weight excluding hydrogens is 394 g/mol. The molecule has 3 aromatic rings. The number of hydrogen-bond acceptors (Lipinski definition) is 5. The van der Waals surface area contributed by atoms with E-state index in [1.165, 1.54) is 21.0 Å². The minimum Gasteiger partial charge on any atom is -0.495 e. The average molecular weight is 414 g/mol. The zero-order chi connectivity index (χ0) is 20.8. The van der Waals surface area contributed by atoms with Gasteiger partial charge in [0.15, 0.2) is 5.92 Å². The fourth-order valence-corrected chi connectivity index (χ4v) is 4.05. The molecule has 6 nitrogen and oxygen atoms in total. The van der Waals surface area contributed by atoms with Gasteiger partial charge in [-0.2, -0.15) is 0 Å². The van der Waals surface area contributed by atoms with Gasteiger partial charge in [0.25, 0.3) is 5.79 Å². The Bertz CT molecular complexity index is 1080. The summed E-state index contributed by atoms with van der Waals surface area (Å²) in [5.41, 5.74) is 2.35. The quantitative estimate of drug-likeness (QED) is 0.506. The highest BCUT2D eigenvalue weighted by Crippen LogP contribution is 2.42. The maximum atomic E-state index is 12.9. The number of H-pyrrole nitrogens is 1. The molecule has 150 valence electrons.